The molecule has 0 aromatic carbocycles. The highest BCUT2D eigenvalue weighted by Crippen LogP contribution is 2.27. The minimum atomic E-state index is -0.621. The van der Waals surface area contributed by atoms with Gasteiger partial charge in [0.05, 0.1) is 4.92 Å². The van der Waals surface area contributed by atoms with Crippen molar-refractivity contribution in [3.8, 4) is 0 Å². The molecular formula is C13H16ClN3O3S. The first-order valence-corrected chi connectivity index (χ1v) is 8.31. The number of hydrogen-bond acceptors (Lipinski definition) is 5. The summed E-state index contributed by atoms with van der Waals surface area (Å²) in [4.78, 5) is 26.3. The summed E-state index contributed by atoms with van der Waals surface area (Å²) in [5, 5.41) is 14.4. The zero-order chi connectivity index (χ0) is 15.4. The van der Waals surface area contributed by atoms with E-state index in [0.29, 0.717) is 5.25 Å². The Morgan fingerprint density at radius 1 is 1.57 bits per heavy atom. The third-order valence-corrected chi connectivity index (χ3v) is 4.89. The van der Waals surface area contributed by atoms with Crippen LogP contribution in [0.2, 0.25) is 5.15 Å². The van der Waals surface area contributed by atoms with E-state index in [9.17, 15) is 14.9 Å². The van der Waals surface area contributed by atoms with Gasteiger partial charge in [-0.2, -0.15) is 11.8 Å². The fourth-order valence-corrected chi connectivity index (χ4v) is 3.49. The van der Waals surface area contributed by atoms with Crippen LogP contribution in [0.3, 0.4) is 0 Å². The molecule has 1 fully saturated rings. The summed E-state index contributed by atoms with van der Waals surface area (Å²) in [6, 6.07) is 1.29. The summed E-state index contributed by atoms with van der Waals surface area (Å²) in [7, 11) is 0. The second-order valence-electron chi connectivity index (χ2n) is 4.98. The fourth-order valence-electron chi connectivity index (χ4n) is 2.50. The third-order valence-electron chi connectivity index (χ3n) is 3.59. The molecule has 1 aromatic heterocycles. The quantitative estimate of drug-likeness (QED) is 0.521. The van der Waals surface area contributed by atoms with Crippen molar-refractivity contribution >= 4 is 35.0 Å². The van der Waals surface area contributed by atoms with Gasteiger partial charge in [0.15, 0.2) is 0 Å². The van der Waals surface area contributed by atoms with E-state index in [1.54, 1.807) is 11.8 Å². The van der Waals surface area contributed by atoms with Gasteiger partial charge in [-0.3, -0.25) is 14.9 Å². The van der Waals surface area contributed by atoms with Gasteiger partial charge in [-0.25, -0.2) is 4.98 Å². The first kappa shape index (κ1) is 16.0. The van der Waals surface area contributed by atoms with E-state index in [1.165, 1.54) is 6.07 Å². The summed E-state index contributed by atoms with van der Waals surface area (Å²) in [5.41, 5.74) is -0.361. The van der Waals surface area contributed by atoms with Crippen molar-refractivity contribution in [2.75, 3.05) is 6.26 Å². The summed E-state index contributed by atoms with van der Waals surface area (Å²) in [6.45, 7) is 0. The van der Waals surface area contributed by atoms with Crippen LogP contribution in [0.25, 0.3) is 0 Å². The fraction of sp³-hybridized carbons (Fsp3) is 0.538. The van der Waals surface area contributed by atoms with Crippen LogP contribution >= 0.6 is 23.4 Å². The number of rotatable bonds is 4. The van der Waals surface area contributed by atoms with Gasteiger partial charge in [-0.1, -0.05) is 18.0 Å². The molecule has 0 spiro atoms. The number of nitro groups is 1. The molecule has 1 aliphatic carbocycles. The van der Waals surface area contributed by atoms with E-state index in [-0.39, 0.29) is 22.4 Å². The highest BCUT2D eigenvalue weighted by molar-refractivity contribution is 7.99. The average molecular weight is 330 g/mol. The largest absolute Gasteiger partial charge is 0.349 e. The Morgan fingerprint density at radius 2 is 2.33 bits per heavy atom. The average Bonchev–Trinajstić information content (AvgIpc) is 2.47. The molecule has 8 heteroatoms. The van der Waals surface area contributed by atoms with E-state index < -0.39 is 10.8 Å². The number of hydrogen-bond donors (Lipinski definition) is 1. The van der Waals surface area contributed by atoms with Crippen LogP contribution in [0, 0.1) is 10.1 Å². The van der Waals surface area contributed by atoms with Crippen molar-refractivity contribution in [2.45, 2.75) is 37.0 Å². The number of aromatic nitrogens is 1. The number of amides is 1. The molecule has 6 nitrogen and oxygen atoms in total. The molecule has 1 heterocycles. The van der Waals surface area contributed by atoms with Crippen molar-refractivity contribution in [2.24, 2.45) is 0 Å². The minimum absolute atomic E-state index is 0.0359. The standard InChI is InChI=1S/C13H16ClN3O3S/c1-21-9-4-2-3-8(5-9)16-13(18)10-6-12(14)15-7-11(10)17(19)20/h6-9H,2-5H2,1H3,(H,16,18). The Morgan fingerprint density at radius 3 is 3.00 bits per heavy atom. The number of nitrogens with zero attached hydrogens (tertiary/aromatic N) is 2. The van der Waals surface area contributed by atoms with E-state index in [4.69, 9.17) is 11.6 Å². The van der Waals surface area contributed by atoms with Gasteiger partial charge in [0.2, 0.25) is 0 Å². The van der Waals surface area contributed by atoms with Crippen molar-refractivity contribution in [3.63, 3.8) is 0 Å². The van der Waals surface area contributed by atoms with Gasteiger partial charge in [-0.15, -0.1) is 0 Å². The zero-order valence-electron chi connectivity index (χ0n) is 11.5. The molecule has 114 valence electrons. The van der Waals surface area contributed by atoms with Crippen LogP contribution < -0.4 is 5.32 Å². The first-order chi connectivity index (χ1) is 10.0. The molecule has 2 rings (SSSR count). The molecule has 0 saturated heterocycles. The lowest BCUT2D eigenvalue weighted by molar-refractivity contribution is -0.385. The second-order valence-corrected chi connectivity index (χ2v) is 6.50. The maximum atomic E-state index is 12.3. The molecule has 2 unspecified atom stereocenters. The smallest absolute Gasteiger partial charge is 0.300 e. The highest BCUT2D eigenvalue weighted by atomic mass is 35.5. The monoisotopic (exact) mass is 329 g/mol. The normalized spacial score (nSPS) is 21.8. The van der Waals surface area contributed by atoms with Crippen molar-refractivity contribution < 1.29 is 9.72 Å². The summed E-state index contributed by atoms with van der Waals surface area (Å²) in [5.74, 6) is -0.460. The lowest BCUT2D eigenvalue weighted by Crippen LogP contribution is -2.39. The molecule has 1 N–H and O–H groups in total. The van der Waals surface area contributed by atoms with E-state index in [1.807, 2.05) is 0 Å². The van der Waals surface area contributed by atoms with E-state index >= 15 is 0 Å². The molecule has 1 amide bonds. The summed E-state index contributed by atoms with van der Waals surface area (Å²) < 4.78 is 0. The van der Waals surface area contributed by atoms with Crippen LogP contribution in [0.4, 0.5) is 5.69 Å². The van der Waals surface area contributed by atoms with Crippen LogP contribution in [0.5, 0.6) is 0 Å². The van der Waals surface area contributed by atoms with Crippen LogP contribution in [-0.4, -0.2) is 33.4 Å². The van der Waals surface area contributed by atoms with Crippen LogP contribution in [-0.2, 0) is 0 Å². The topological polar surface area (TPSA) is 85.1 Å². The summed E-state index contributed by atoms with van der Waals surface area (Å²) >= 11 is 7.53. The lowest BCUT2D eigenvalue weighted by atomic mass is 9.94. The molecule has 2 atom stereocenters. The molecule has 1 saturated carbocycles. The number of carbonyl (C=O) groups is 1. The predicted molar refractivity (Wildman–Crippen MR) is 82.9 cm³/mol. The Hall–Kier alpha value is -1.34. The summed E-state index contributed by atoms with van der Waals surface area (Å²) in [6.07, 6.45) is 7.06. The number of halogens is 1. The maximum Gasteiger partial charge on any atom is 0.300 e. The zero-order valence-corrected chi connectivity index (χ0v) is 13.1. The van der Waals surface area contributed by atoms with Gasteiger partial charge < -0.3 is 5.32 Å². The van der Waals surface area contributed by atoms with Crippen LogP contribution in [0.1, 0.15) is 36.0 Å². The van der Waals surface area contributed by atoms with Crippen molar-refractivity contribution in [3.05, 3.63) is 33.1 Å². The lowest BCUT2D eigenvalue weighted by Gasteiger charge is -2.28. The molecule has 0 aliphatic heterocycles. The number of thioether (sulfide) groups is 1. The molecule has 1 aromatic rings. The van der Waals surface area contributed by atoms with Crippen molar-refractivity contribution in [1.29, 1.82) is 0 Å². The van der Waals surface area contributed by atoms with Crippen LogP contribution in [0.15, 0.2) is 12.3 Å². The van der Waals surface area contributed by atoms with E-state index in [0.717, 1.165) is 31.9 Å². The molecule has 0 radical (unpaired) electrons. The number of nitrogens with one attached hydrogen (secondary N) is 1. The Balaban J connectivity index is 2.13. The highest BCUT2D eigenvalue weighted by Gasteiger charge is 2.26. The SMILES string of the molecule is CSC1CCCC(NC(=O)c2cc(Cl)ncc2[N+](=O)[O-])C1. The number of carbonyl (C=O) groups excluding carboxylic acids is 1. The minimum Gasteiger partial charge on any atom is -0.349 e. The maximum absolute atomic E-state index is 12.3. The molecular weight excluding hydrogens is 314 g/mol. The third kappa shape index (κ3) is 4.07. The number of pyridine rings is 1. The second kappa shape index (κ2) is 7.09. The Labute approximate surface area is 131 Å². The van der Waals surface area contributed by atoms with Crippen molar-refractivity contribution in [1.82, 2.24) is 10.3 Å². The van der Waals surface area contributed by atoms with Gasteiger partial charge in [0.25, 0.3) is 11.6 Å². The van der Waals surface area contributed by atoms with Gasteiger partial charge in [-0.05, 0) is 31.6 Å². The van der Waals surface area contributed by atoms with E-state index in [2.05, 4.69) is 16.6 Å². The molecule has 21 heavy (non-hydrogen) atoms. The van der Waals surface area contributed by atoms with Gasteiger partial charge in [0, 0.05) is 11.3 Å². The van der Waals surface area contributed by atoms with Gasteiger partial charge >= 0.3 is 0 Å². The molecule has 1 aliphatic rings. The first-order valence-electron chi connectivity index (χ1n) is 6.65. The van der Waals surface area contributed by atoms with Gasteiger partial charge in [0.1, 0.15) is 16.9 Å². The Kier molecular flexibility index (Phi) is 5.41. The molecule has 0 bridgehead atoms. The predicted octanol–water partition coefficient (Wildman–Crippen LogP) is 3.05. The Bertz CT molecular complexity index is 555.